The van der Waals surface area contributed by atoms with E-state index in [1.807, 2.05) is 48.5 Å². The van der Waals surface area contributed by atoms with Crippen LogP contribution in [0.3, 0.4) is 0 Å². The van der Waals surface area contributed by atoms with Gasteiger partial charge in [-0.15, -0.1) is 0 Å². The Bertz CT molecular complexity index is 771. The Morgan fingerprint density at radius 3 is 2.67 bits per heavy atom. The number of carbonyl (C=O) groups excluding carboxylic acids is 1. The van der Waals surface area contributed by atoms with Crippen LogP contribution in [0.5, 0.6) is 0 Å². The van der Waals surface area contributed by atoms with Gasteiger partial charge in [0.15, 0.2) is 11.3 Å². The quantitative estimate of drug-likeness (QED) is 0.782. The number of Topliss-reactive ketones (excluding diaryl/α,β-unsaturated/α-hetero) is 1. The summed E-state index contributed by atoms with van der Waals surface area (Å²) in [5.41, 5.74) is 2.00. The Labute approximate surface area is 127 Å². The summed E-state index contributed by atoms with van der Waals surface area (Å²) in [4.78, 5) is 12.9. The molecule has 1 spiro atoms. The zero-order chi connectivity index (χ0) is 14.4. The molecule has 0 N–H and O–H groups in total. The molecule has 0 radical (unpaired) electrons. The molecule has 4 heteroatoms. The van der Waals surface area contributed by atoms with Gasteiger partial charge >= 0.3 is 0 Å². The first-order chi connectivity index (χ1) is 10.2. The van der Waals surface area contributed by atoms with Crippen LogP contribution in [0, 0.1) is 0 Å². The zero-order valence-electron chi connectivity index (χ0n) is 11.3. The molecule has 1 heterocycles. The normalized spacial score (nSPS) is 26.5. The van der Waals surface area contributed by atoms with Crippen molar-refractivity contribution in [2.45, 2.75) is 17.9 Å². The molecular weight excluding hydrogens is 284 g/mol. The fourth-order valence-corrected chi connectivity index (χ4v) is 3.71. The van der Waals surface area contributed by atoms with Gasteiger partial charge < -0.3 is 0 Å². The Hall–Kier alpha value is -2.00. The summed E-state index contributed by atoms with van der Waals surface area (Å²) >= 11 is 6.33. The topological polar surface area (TPSA) is 41.8 Å². The molecule has 1 aliphatic heterocycles. The third kappa shape index (κ3) is 1.70. The minimum atomic E-state index is -0.797. The number of hydrogen-bond donors (Lipinski definition) is 0. The van der Waals surface area contributed by atoms with E-state index in [4.69, 9.17) is 11.6 Å². The second-order valence-corrected chi connectivity index (χ2v) is 5.99. The number of nitrogens with zero attached hydrogens (tertiary/aromatic N) is 2. The molecule has 0 amide bonds. The first-order valence-electron chi connectivity index (χ1n) is 6.98. The average Bonchev–Trinajstić information content (AvgIpc) is 3.04. The van der Waals surface area contributed by atoms with Gasteiger partial charge in [-0.25, -0.2) is 0 Å². The van der Waals surface area contributed by atoms with E-state index in [-0.39, 0.29) is 11.7 Å². The highest BCUT2D eigenvalue weighted by Crippen LogP contribution is 2.47. The van der Waals surface area contributed by atoms with Crippen LogP contribution in [0.25, 0.3) is 0 Å². The third-order valence-corrected chi connectivity index (χ3v) is 4.83. The van der Waals surface area contributed by atoms with Crippen LogP contribution in [-0.4, -0.2) is 17.9 Å². The fraction of sp³-hybridized carbons (Fsp3) is 0.235. The van der Waals surface area contributed by atoms with Gasteiger partial charge in [0.05, 0.1) is 6.54 Å². The number of halogens is 1. The molecule has 0 aromatic heterocycles. The lowest BCUT2D eigenvalue weighted by molar-refractivity contribution is 0.0897. The number of azo groups is 1. The largest absolute Gasteiger partial charge is 0.291 e. The lowest BCUT2D eigenvalue weighted by atomic mass is 9.78. The van der Waals surface area contributed by atoms with Crippen LogP contribution in [0.2, 0.25) is 5.02 Å². The highest BCUT2D eigenvalue weighted by Gasteiger charge is 2.54. The number of hydrogen-bond acceptors (Lipinski definition) is 3. The van der Waals surface area contributed by atoms with Crippen LogP contribution >= 0.6 is 11.6 Å². The van der Waals surface area contributed by atoms with E-state index < -0.39 is 5.54 Å². The van der Waals surface area contributed by atoms with Crippen LogP contribution in [-0.2, 0) is 6.42 Å². The van der Waals surface area contributed by atoms with E-state index in [2.05, 4.69) is 10.2 Å². The van der Waals surface area contributed by atoms with Crippen molar-refractivity contribution in [1.29, 1.82) is 0 Å². The molecule has 104 valence electrons. The van der Waals surface area contributed by atoms with E-state index >= 15 is 0 Å². The number of carbonyl (C=O) groups is 1. The summed E-state index contributed by atoms with van der Waals surface area (Å²) in [6, 6.07) is 15.4. The molecule has 3 nitrogen and oxygen atoms in total. The molecule has 0 fully saturated rings. The second-order valence-electron chi connectivity index (χ2n) is 5.59. The van der Waals surface area contributed by atoms with Crippen molar-refractivity contribution >= 4 is 17.4 Å². The SMILES string of the molecule is O=C1c2ccccc2CC12N=NCC2c1ccccc1Cl. The monoisotopic (exact) mass is 296 g/mol. The third-order valence-electron chi connectivity index (χ3n) is 4.49. The lowest BCUT2D eigenvalue weighted by Crippen LogP contribution is -2.39. The van der Waals surface area contributed by atoms with Crippen molar-refractivity contribution < 1.29 is 4.79 Å². The number of ketones is 1. The predicted molar refractivity (Wildman–Crippen MR) is 81.1 cm³/mol. The zero-order valence-corrected chi connectivity index (χ0v) is 12.0. The predicted octanol–water partition coefficient (Wildman–Crippen LogP) is 4.07. The molecule has 2 atom stereocenters. The fourth-order valence-electron chi connectivity index (χ4n) is 3.44. The van der Waals surface area contributed by atoms with Crippen molar-refractivity contribution in [2.24, 2.45) is 10.2 Å². The van der Waals surface area contributed by atoms with Crippen LogP contribution in [0.15, 0.2) is 58.8 Å². The Balaban J connectivity index is 1.84. The number of benzene rings is 2. The molecule has 21 heavy (non-hydrogen) atoms. The first-order valence-corrected chi connectivity index (χ1v) is 7.36. The molecule has 2 unspecified atom stereocenters. The summed E-state index contributed by atoms with van der Waals surface area (Å²) in [6.45, 7) is 0.517. The summed E-state index contributed by atoms with van der Waals surface area (Å²) < 4.78 is 0. The minimum absolute atomic E-state index is 0.0734. The average molecular weight is 297 g/mol. The Kier molecular flexibility index (Phi) is 2.73. The van der Waals surface area contributed by atoms with Gasteiger partial charge in [0.2, 0.25) is 0 Å². The Morgan fingerprint density at radius 2 is 1.86 bits per heavy atom. The van der Waals surface area contributed by atoms with Gasteiger partial charge in [0, 0.05) is 22.9 Å². The van der Waals surface area contributed by atoms with Gasteiger partial charge in [-0.1, -0.05) is 54.1 Å². The molecule has 2 aliphatic rings. The molecule has 0 saturated carbocycles. The van der Waals surface area contributed by atoms with Crippen molar-refractivity contribution in [2.75, 3.05) is 6.54 Å². The van der Waals surface area contributed by atoms with Crippen molar-refractivity contribution in [3.63, 3.8) is 0 Å². The van der Waals surface area contributed by atoms with E-state index in [9.17, 15) is 4.79 Å². The van der Waals surface area contributed by atoms with Crippen molar-refractivity contribution in [1.82, 2.24) is 0 Å². The smallest absolute Gasteiger partial charge is 0.193 e. The highest BCUT2D eigenvalue weighted by atomic mass is 35.5. The van der Waals surface area contributed by atoms with Gasteiger partial charge in [0.1, 0.15) is 0 Å². The molecule has 4 rings (SSSR count). The van der Waals surface area contributed by atoms with Gasteiger partial charge in [-0.05, 0) is 17.2 Å². The minimum Gasteiger partial charge on any atom is -0.291 e. The summed E-state index contributed by atoms with van der Waals surface area (Å²) in [5.74, 6) is -0.00429. The molecule has 1 aliphatic carbocycles. The molecule has 0 saturated heterocycles. The summed E-state index contributed by atoms with van der Waals surface area (Å²) in [5, 5.41) is 9.25. The molecule has 2 aromatic carbocycles. The first kappa shape index (κ1) is 12.7. The Morgan fingerprint density at radius 1 is 1.10 bits per heavy atom. The van der Waals surface area contributed by atoms with Gasteiger partial charge in [-0.3, -0.25) is 4.79 Å². The molecular formula is C17H13ClN2O. The number of rotatable bonds is 1. The highest BCUT2D eigenvalue weighted by molar-refractivity contribution is 6.31. The maximum absolute atomic E-state index is 12.9. The van der Waals surface area contributed by atoms with E-state index in [1.165, 1.54) is 0 Å². The maximum atomic E-state index is 12.9. The maximum Gasteiger partial charge on any atom is 0.193 e. The van der Waals surface area contributed by atoms with Crippen molar-refractivity contribution in [3.05, 3.63) is 70.2 Å². The molecule has 0 bridgehead atoms. The van der Waals surface area contributed by atoms with Crippen LogP contribution < -0.4 is 0 Å². The van der Waals surface area contributed by atoms with Crippen molar-refractivity contribution in [3.8, 4) is 0 Å². The van der Waals surface area contributed by atoms with Gasteiger partial charge in [0.25, 0.3) is 0 Å². The summed E-state index contributed by atoms with van der Waals surface area (Å²) in [7, 11) is 0. The lowest BCUT2D eigenvalue weighted by Gasteiger charge is -2.26. The van der Waals surface area contributed by atoms with E-state index in [0.29, 0.717) is 18.0 Å². The van der Waals surface area contributed by atoms with Crippen LogP contribution in [0.1, 0.15) is 27.4 Å². The summed E-state index contributed by atoms with van der Waals surface area (Å²) in [6.07, 6.45) is 0.612. The standard InChI is InChI=1S/C17H13ClN2O/c18-15-8-4-3-7-13(15)14-10-19-20-17(14)9-11-5-1-2-6-12(11)16(17)21/h1-8,14H,9-10H2. The van der Waals surface area contributed by atoms with Gasteiger partial charge in [-0.2, -0.15) is 10.2 Å². The van der Waals surface area contributed by atoms with E-state index in [0.717, 1.165) is 16.7 Å². The van der Waals surface area contributed by atoms with E-state index in [1.54, 1.807) is 0 Å². The number of fused-ring (bicyclic) bond motifs is 1. The second kappa shape index (κ2) is 4.50. The molecule has 2 aromatic rings. The van der Waals surface area contributed by atoms with Crippen LogP contribution in [0.4, 0.5) is 0 Å².